The van der Waals surface area contributed by atoms with Crippen LogP contribution in [0.15, 0.2) is 42.6 Å². The molecule has 0 spiro atoms. The molecule has 3 aromatic rings. The molecule has 0 aliphatic carbocycles. The minimum absolute atomic E-state index is 0.161. The lowest BCUT2D eigenvalue weighted by atomic mass is 10.1. The fraction of sp³-hybridized carbons (Fsp3) is 0.263. The highest BCUT2D eigenvalue weighted by Gasteiger charge is 2.13. The zero-order valence-corrected chi connectivity index (χ0v) is 13.9. The number of carbonyl (C=O) groups is 1. The molecule has 5 nitrogen and oxygen atoms in total. The molecule has 2 heterocycles. The van der Waals surface area contributed by atoms with E-state index < -0.39 is 0 Å². The van der Waals surface area contributed by atoms with Crippen molar-refractivity contribution < 1.29 is 4.79 Å². The Balaban J connectivity index is 1.98. The molecular weight excluding hydrogens is 300 g/mol. The Morgan fingerprint density at radius 2 is 1.92 bits per heavy atom. The maximum absolute atomic E-state index is 12.1. The molecule has 2 aromatic heterocycles. The maximum Gasteiger partial charge on any atom is 0.178 e. The number of benzene rings is 1. The lowest BCUT2D eigenvalue weighted by Gasteiger charge is -2.11. The second-order valence-corrected chi connectivity index (χ2v) is 5.82. The van der Waals surface area contributed by atoms with Gasteiger partial charge in [-0.2, -0.15) is 0 Å². The molecule has 0 atom stereocenters. The average molecular weight is 320 g/mol. The van der Waals surface area contributed by atoms with Crippen LogP contribution in [0.2, 0.25) is 0 Å². The Labute approximate surface area is 141 Å². The molecular formula is C19H20N4O. The molecule has 0 saturated heterocycles. The minimum Gasteiger partial charge on any atom is -0.339 e. The Morgan fingerprint density at radius 1 is 1.12 bits per heavy atom. The van der Waals surface area contributed by atoms with E-state index in [4.69, 9.17) is 0 Å². The first-order valence-electron chi connectivity index (χ1n) is 8.12. The number of hydrogen-bond acceptors (Lipinski definition) is 5. The first-order valence-corrected chi connectivity index (χ1v) is 8.12. The number of Topliss-reactive ketones (excluding diaryl/α,β-unsaturated/α-hetero) is 1. The number of aromatic nitrogens is 3. The van der Waals surface area contributed by atoms with Gasteiger partial charge in [0.25, 0.3) is 0 Å². The average Bonchev–Trinajstić information content (AvgIpc) is 2.57. The number of anilines is 2. The van der Waals surface area contributed by atoms with Crippen LogP contribution in [0.25, 0.3) is 11.2 Å². The fourth-order valence-electron chi connectivity index (χ4n) is 2.48. The summed E-state index contributed by atoms with van der Waals surface area (Å²) in [5.74, 6) is 0.776. The first kappa shape index (κ1) is 16.1. The highest BCUT2D eigenvalue weighted by molar-refractivity contribution is 5.83. The summed E-state index contributed by atoms with van der Waals surface area (Å²) in [4.78, 5) is 25.5. The highest BCUT2D eigenvalue weighted by atomic mass is 16.1. The van der Waals surface area contributed by atoms with Gasteiger partial charge in [-0.1, -0.05) is 24.6 Å². The SMILES string of the molecule is CCCC(=O)Cc1nc2ncccc2nc1Nc1ccc(C)cc1. The second-order valence-electron chi connectivity index (χ2n) is 5.82. The molecule has 0 bridgehead atoms. The quantitative estimate of drug-likeness (QED) is 0.744. The Kier molecular flexibility index (Phi) is 4.79. The van der Waals surface area contributed by atoms with E-state index in [1.54, 1.807) is 6.20 Å². The standard InChI is InChI=1S/C19H20N4O/c1-3-5-15(24)12-17-19(21-14-9-7-13(2)8-10-14)22-16-6-4-11-20-18(16)23-17/h4,6-11H,3,5,12H2,1-2H3,(H,21,22). The van der Waals surface area contributed by atoms with Crippen molar-refractivity contribution in [1.29, 1.82) is 0 Å². The molecule has 3 rings (SSSR count). The van der Waals surface area contributed by atoms with Crippen LogP contribution in [0.3, 0.4) is 0 Å². The molecule has 0 aliphatic rings. The van der Waals surface area contributed by atoms with Crippen molar-refractivity contribution in [1.82, 2.24) is 15.0 Å². The van der Waals surface area contributed by atoms with Gasteiger partial charge in [-0.3, -0.25) is 4.79 Å². The summed E-state index contributed by atoms with van der Waals surface area (Å²) in [5.41, 5.74) is 4.01. The number of hydrogen-bond donors (Lipinski definition) is 1. The molecule has 5 heteroatoms. The van der Waals surface area contributed by atoms with E-state index in [0.29, 0.717) is 29.1 Å². The van der Waals surface area contributed by atoms with Gasteiger partial charge in [0.2, 0.25) is 0 Å². The largest absolute Gasteiger partial charge is 0.339 e. The number of pyridine rings is 1. The number of fused-ring (bicyclic) bond motifs is 1. The van der Waals surface area contributed by atoms with E-state index in [-0.39, 0.29) is 12.2 Å². The highest BCUT2D eigenvalue weighted by Crippen LogP contribution is 2.21. The number of rotatable bonds is 6. The van der Waals surface area contributed by atoms with Gasteiger partial charge in [-0.15, -0.1) is 0 Å². The molecule has 0 radical (unpaired) electrons. The number of ketones is 1. The molecule has 24 heavy (non-hydrogen) atoms. The van der Waals surface area contributed by atoms with Crippen molar-refractivity contribution in [3.8, 4) is 0 Å². The van der Waals surface area contributed by atoms with Crippen LogP contribution in [0.1, 0.15) is 31.0 Å². The van der Waals surface area contributed by atoms with Gasteiger partial charge in [0.05, 0.1) is 12.1 Å². The van der Waals surface area contributed by atoms with Crippen LogP contribution in [-0.2, 0) is 11.2 Å². The minimum atomic E-state index is 0.161. The first-order chi connectivity index (χ1) is 11.7. The zero-order valence-electron chi connectivity index (χ0n) is 13.9. The lowest BCUT2D eigenvalue weighted by molar-refractivity contribution is -0.118. The van der Waals surface area contributed by atoms with E-state index in [0.717, 1.165) is 12.1 Å². The summed E-state index contributed by atoms with van der Waals surface area (Å²) in [6.45, 7) is 4.04. The van der Waals surface area contributed by atoms with E-state index in [1.807, 2.05) is 50.2 Å². The monoisotopic (exact) mass is 320 g/mol. The molecule has 0 aliphatic heterocycles. The maximum atomic E-state index is 12.1. The third-order valence-electron chi connectivity index (χ3n) is 3.72. The van der Waals surface area contributed by atoms with E-state index in [9.17, 15) is 4.79 Å². The zero-order chi connectivity index (χ0) is 16.9. The van der Waals surface area contributed by atoms with Crippen LogP contribution >= 0.6 is 0 Å². The molecule has 0 fully saturated rings. The molecule has 0 unspecified atom stereocenters. The van der Waals surface area contributed by atoms with E-state index in [1.165, 1.54) is 5.56 Å². The lowest BCUT2D eigenvalue weighted by Crippen LogP contribution is -2.09. The van der Waals surface area contributed by atoms with Crippen LogP contribution in [0, 0.1) is 6.92 Å². The third-order valence-corrected chi connectivity index (χ3v) is 3.72. The summed E-state index contributed by atoms with van der Waals surface area (Å²) in [6.07, 6.45) is 3.33. The second kappa shape index (κ2) is 7.17. The molecule has 1 N–H and O–H groups in total. The Bertz CT molecular complexity index is 859. The van der Waals surface area contributed by atoms with Gasteiger partial charge in [0, 0.05) is 18.3 Å². The van der Waals surface area contributed by atoms with Gasteiger partial charge < -0.3 is 5.32 Å². The predicted octanol–water partition coefficient (Wildman–Crippen LogP) is 3.99. The normalized spacial score (nSPS) is 10.8. The summed E-state index contributed by atoms with van der Waals surface area (Å²) in [6, 6.07) is 11.7. The molecule has 0 saturated carbocycles. The Morgan fingerprint density at radius 3 is 2.67 bits per heavy atom. The Hall–Kier alpha value is -2.82. The van der Waals surface area contributed by atoms with Crippen molar-refractivity contribution in [2.45, 2.75) is 33.1 Å². The topological polar surface area (TPSA) is 67.8 Å². The number of carbonyl (C=O) groups excluding carboxylic acids is 1. The van der Waals surface area contributed by atoms with Crippen molar-refractivity contribution >= 4 is 28.5 Å². The summed E-state index contributed by atoms with van der Waals surface area (Å²) >= 11 is 0. The van der Waals surface area contributed by atoms with E-state index in [2.05, 4.69) is 20.3 Å². The van der Waals surface area contributed by atoms with E-state index >= 15 is 0 Å². The molecule has 1 aromatic carbocycles. The van der Waals surface area contributed by atoms with Crippen LogP contribution in [-0.4, -0.2) is 20.7 Å². The summed E-state index contributed by atoms with van der Waals surface area (Å²) in [5, 5.41) is 3.29. The van der Waals surface area contributed by atoms with Crippen LogP contribution in [0.4, 0.5) is 11.5 Å². The van der Waals surface area contributed by atoms with Gasteiger partial charge in [0.1, 0.15) is 11.3 Å². The van der Waals surface area contributed by atoms with Gasteiger partial charge in [-0.25, -0.2) is 15.0 Å². The summed E-state index contributed by atoms with van der Waals surface area (Å²) < 4.78 is 0. The van der Waals surface area contributed by atoms with Crippen LogP contribution < -0.4 is 5.32 Å². The van der Waals surface area contributed by atoms with Crippen molar-refractivity contribution in [3.63, 3.8) is 0 Å². The molecule has 0 amide bonds. The third kappa shape index (κ3) is 3.74. The van der Waals surface area contributed by atoms with Crippen LogP contribution in [0.5, 0.6) is 0 Å². The summed E-state index contributed by atoms with van der Waals surface area (Å²) in [7, 11) is 0. The van der Waals surface area contributed by atoms with Crippen molar-refractivity contribution in [2.24, 2.45) is 0 Å². The van der Waals surface area contributed by atoms with Gasteiger partial charge in [-0.05, 0) is 37.6 Å². The number of nitrogens with zero attached hydrogens (tertiary/aromatic N) is 3. The molecule has 122 valence electrons. The number of aryl methyl sites for hydroxylation is 1. The van der Waals surface area contributed by atoms with Crippen molar-refractivity contribution in [2.75, 3.05) is 5.32 Å². The predicted molar refractivity (Wildman–Crippen MR) is 95.4 cm³/mol. The van der Waals surface area contributed by atoms with Gasteiger partial charge >= 0.3 is 0 Å². The number of nitrogens with one attached hydrogen (secondary N) is 1. The van der Waals surface area contributed by atoms with Crippen molar-refractivity contribution in [3.05, 3.63) is 53.9 Å². The smallest absolute Gasteiger partial charge is 0.178 e. The fourth-order valence-corrected chi connectivity index (χ4v) is 2.48. The van der Waals surface area contributed by atoms with Gasteiger partial charge in [0.15, 0.2) is 11.5 Å².